The van der Waals surface area contributed by atoms with Crippen LogP contribution in [0.1, 0.15) is 5.56 Å². The van der Waals surface area contributed by atoms with Crippen molar-refractivity contribution in [3.05, 3.63) is 54.4 Å². The van der Waals surface area contributed by atoms with Crippen LogP contribution in [-0.4, -0.2) is 26.9 Å². The van der Waals surface area contributed by atoms with E-state index in [0.717, 1.165) is 33.6 Å². The molecular formula is C16H16N4OS. The Balaban J connectivity index is 1.78. The summed E-state index contributed by atoms with van der Waals surface area (Å²) in [4.78, 5) is 4.03. The molecule has 0 atom stereocenters. The van der Waals surface area contributed by atoms with Crippen LogP contribution in [0, 0.1) is 0 Å². The summed E-state index contributed by atoms with van der Waals surface area (Å²) in [5.41, 5.74) is 2.15. The Morgan fingerprint density at radius 3 is 2.64 bits per heavy atom. The number of para-hydroxylation sites is 1. The molecule has 0 aliphatic heterocycles. The molecule has 3 rings (SSSR count). The van der Waals surface area contributed by atoms with Gasteiger partial charge in [0, 0.05) is 36.3 Å². The van der Waals surface area contributed by atoms with Crippen molar-refractivity contribution in [1.29, 1.82) is 0 Å². The maximum atomic E-state index is 5.38. The first kappa shape index (κ1) is 14.6. The van der Waals surface area contributed by atoms with Crippen molar-refractivity contribution in [2.24, 2.45) is 7.05 Å². The number of benzene rings is 1. The Labute approximate surface area is 133 Å². The molecule has 6 heteroatoms. The lowest BCUT2D eigenvalue weighted by Crippen LogP contribution is -1.96. The van der Waals surface area contributed by atoms with Crippen molar-refractivity contribution in [1.82, 2.24) is 19.7 Å². The maximum Gasteiger partial charge on any atom is 0.191 e. The van der Waals surface area contributed by atoms with Crippen LogP contribution in [-0.2, 0) is 12.8 Å². The van der Waals surface area contributed by atoms with E-state index in [1.165, 1.54) is 0 Å². The second-order valence-electron chi connectivity index (χ2n) is 4.70. The molecule has 22 heavy (non-hydrogen) atoms. The second kappa shape index (κ2) is 6.62. The highest BCUT2D eigenvalue weighted by Crippen LogP contribution is 2.28. The number of nitrogens with zero attached hydrogens (tertiary/aromatic N) is 4. The van der Waals surface area contributed by atoms with Gasteiger partial charge in [0.15, 0.2) is 11.0 Å². The summed E-state index contributed by atoms with van der Waals surface area (Å²) >= 11 is 1.64. The maximum absolute atomic E-state index is 5.38. The van der Waals surface area contributed by atoms with Crippen molar-refractivity contribution < 1.29 is 4.74 Å². The molecule has 3 aromatic rings. The van der Waals surface area contributed by atoms with Gasteiger partial charge in [0.05, 0.1) is 7.11 Å². The van der Waals surface area contributed by atoms with Crippen LogP contribution >= 0.6 is 11.8 Å². The van der Waals surface area contributed by atoms with Gasteiger partial charge in [-0.1, -0.05) is 30.0 Å². The Hall–Kier alpha value is -2.34. The summed E-state index contributed by atoms with van der Waals surface area (Å²) in [5.74, 6) is 2.52. The van der Waals surface area contributed by atoms with Crippen molar-refractivity contribution in [2.75, 3.05) is 7.11 Å². The molecular weight excluding hydrogens is 296 g/mol. The lowest BCUT2D eigenvalue weighted by Gasteiger charge is -2.07. The summed E-state index contributed by atoms with van der Waals surface area (Å²) in [6.45, 7) is 0. The highest BCUT2D eigenvalue weighted by molar-refractivity contribution is 7.98. The van der Waals surface area contributed by atoms with Crippen molar-refractivity contribution in [3.63, 3.8) is 0 Å². The molecule has 1 aromatic carbocycles. The predicted molar refractivity (Wildman–Crippen MR) is 86.8 cm³/mol. The van der Waals surface area contributed by atoms with Gasteiger partial charge >= 0.3 is 0 Å². The standard InChI is InChI=1S/C16H16N4OS/c1-20-15(12-7-9-17-10-8-12)18-19-16(20)22-11-13-5-3-4-6-14(13)21-2/h3-10H,11H2,1-2H3. The van der Waals surface area contributed by atoms with Gasteiger partial charge in [0.2, 0.25) is 0 Å². The number of aromatic nitrogens is 4. The lowest BCUT2D eigenvalue weighted by molar-refractivity contribution is 0.411. The highest BCUT2D eigenvalue weighted by atomic mass is 32.2. The smallest absolute Gasteiger partial charge is 0.191 e. The third kappa shape index (κ3) is 2.96. The molecule has 0 bridgehead atoms. The Kier molecular flexibility index (Phi) is 4.39. The summed E-state index contributed by atoms with van der Waals surface area (Å²) in [6.07, 6.45) is 3.51. The molecule has 0 radical (unpaired) electrons. The summed E-state index contributed by atoms with van der Waals surface area (Å²) in [5, 5.41) is 9.42. The van der Waals surface area contributed by atoms with Gasteiger partial charge in [-0.05, 0) is 18.2 Å². The number of hydrogen-bond donors (Lipinski definition) is 0. The van der Waals surface area contributed by atoms with Crippen molar-refractivity contribution in [3.8, 4) is 17.1 Å². The summed E-state index contributed by atoms with van der Waals surface area (Å²) in [6, 6.07) is 11.9. The van der Waals surface area contributed by atoms with Crippen LogP contribution in [0.2, 0.25) is 0 Å². The van der Waals surface area contributed by atoms with Gasteiger partial charge in [0.1, 0.15) is 5.75 Å². The van der Waals surface area contributed by atoms with Crippen LogP contribution < -0.4 is 4.74 Å². The zero-order valence-electron chi connectivity index (χ0n) is 12.4. The third-order valence-corrected chi connectivity index (χ3v) is 4.39. The van der Waals surface area contributed by atoms with Gasteiger partial charge in [-0.15, -0.1) is 10.2 Å². The first-order valence-electron chi connectivity index (χ1n) is 6.84. The predicted octanol–water partition coefficient (Wildman–Crippen LogP) is 3.18. The fourth-order valence-corrected chi connectivity index (χ4v) is 3.06. The van der Waals surface area contributed by atoms with E-state index in [-0.39, 0.29) is 0 Å². The van der Waals surface area contributed by atoms with Crippen LogP contribution in [0.15, 0.2) is 53.9 Å². The second-order valence-corrected chi connectivity index (χ2v) is 5.64. The quantitative estimate of drug-likeness (QED) is 0.677. The average Bonchev–Trinajstić information content (AvgIpc) is 2.95. The molecule has 0 aliphatic carbocycles. The van der Waals surface area contributed by atoms with Crippen molar-refractivity contribution >= 4 is 11.8 Å². The molecule has 2 aromatic heterocycles. The fourth-order valence-electron chi connectivity index (χ4n) is 2.16. The summed E-state index contributed by atoms with van der Waals surface area (Å²) in [7, 11) is 3.66. The number of pyridine rings is 1. The highest BCUT2D eigenvalue weighted by Gasteiger charge is 2.12. The summed E-state index contributed by atoms with van der Waals surface area (Å²) < 4.78 is 7.37. The van der Waals surface area contributed by atoms with Gasteiger partial charge in [-0.3, -0.25) is 4.98 Å². The molecule has 0 spiro atoms. The molecule has 0 N–H and O–H groups in total. The zero-order valence-corrected chi connectivity index (χ0v) is 13.2. The zero-order chi connectivity index (χ0) is 15.4. The topological polar surface area (TPSA) is 52.8 Å². The molecule has 0 saturated heterocycles. The van der Waals surface area contributed by atoms with Crippen molar-refractivity contribution in [2.45, 2.75) is 10.9 Å². The van der Waals surface area contributed by atoms with Gasteiger partial charge in [-0.25, -0.2) is 0 Å². The van der Waals surface area contributed by atoms with E-state index in [4.69, 9.17) is 4.74 Å². The Morgan fingerprint density at radius 1 is 1.09 bits per heavy atom. The van der Waals surface area contributed by atoms with E-state index in [1.807, 2.05) is 41.9 Å². The van der Waals surface area contributed by atoms with Crippen LogP contribution in [0.3, 0.4) is 0 Å². The van der Waals surface area contributed by atoms with Gasteiger partial charge < -0.3 is 9.30 Å². The van der Waals surface area contributed by atoms with E-state index >= 15 is 0 Å². The van der Waals surface area contributed by atoms with Crippen LogP contribution in [0.4, 0.5) is 0 Å². The number of thioether (sulfide) groups is 1. The van der Waals surface area contributed by atoms with Crippen LogP contribution in [0.5, 0.6) is 5.75 Å². The molecule has 0 amide bonds. The minimum atomic E-state index is 0.784. The Bertz CT molecular complexity index is 758. The molecule has 0 aliphatic rings. The first-order valence-corrected chi connectivity index (χ1v) is 7.82. The first-order chi connectivity index (χ1) is 10.8. The molecule has 0 saturated carbocycles. The molecule has 0 fully saturated rings. The number of ether oxygens (including phenoxy) is 1. The van der Waals surface area contributed by atoms with E-state index in [1.54, 1.807) is 31.3 Å². The largest absolute Gasteiger partial charge is 0.496 e. The van der Waals surface area contributed by atoms with E-state index < -0.39 is 0 Å². The number of rotatable bonds is 5. The lowest BCUT2D eigenvalue weighted by atomic mass is 10.2. The number of hydrogen-bond acceptors (Lipinski definition) is 5. The van der Waals surface area contributed by atoms with E-state index in [0.29, 0.717) is 0 Å². The molecule has 2 heterocycles. The van der Waals surface area contributed by atoms with E-state index in [2.05, 4.69) is 21.2 Å². The number of methoxy groups -OCH3 is 1. The molecule has 5 nitrogen and oxygen atoms in total. The minimum Gasteiger partial charge on any atom is -0.496 e. The van der Waals surface area contributed by atoms with Gasteiger partial charge in [0.25, 0.3) is 0 Å². The van der Waals surface area contributed by atoms with E-state index in [9.17, 15) is 0 Å². The van der Waals surface area contributed by atoms with Gasteiger partial charge in [-0.2, -0.15) is 0 Å². The molecule has 0 unspecified atom stereocenters. The Morgan fingerprint density at radius 2 is 1.86 bits per heavy atom. The molecule has 112 valence electrons. The van der Waals surface area contributed by atoms with Crippen LogP contribution in [0.25, 0.3) is 11.4 Å². The minimum absolute atomic E-state index is 0.784. The normalized spacial score (nSPS) is 10.6. The average molecular weight is 312 g/mol. The monoisotopic (exact) mass is 312 g/mol. The third-order valence-electron chi connectivity index (χ3n) is 3.32. The SMILES string of the molecule is COc1ccccc1CSc1nnc(-c2ccncc2)n1C. The fraction of sp³-hybridized carbons (Fsp3) is 0.188.